The van der Waals surface area contributed by atoms with Crippen molar-refractivity contribution in [1.29, 1.82) is 0 Å². The summed E-state index contributed by atoms with van der Waals surface area (Å²) < 4.78 is 0. The first-order chi connectivity index (χ1) is 37.9. The number of rotatable bonds is 20. The Bertz CT molecular complexity index is 2670. The average Bonchev–Trinajstić information content (AvgIpc) is 4.06. The zero-order valence-corrected chi connectivity index (χ0v) is 48.5. The first-order valence-corrected chi connectivity index (χ1v) is 31.5. The summed E-state index contributed by atoms with van der Waals surface area (Å²) in [6, 6.07) is 14.6. The zero-order valence-electron chi connectivity index (χ0n) is 45.2. The summed E-state index contributed by atoms with van der Waals surface area (Å²) in [4.78, 5) is 105. The van der Waals surface area contributed by atoms with Crippen molar-refractivity contribution < 1.29 is 43.8 Å². The molecule has 3 unspecified atom stereocenters. The van der Waals surface area contributed by atoms with E-state index in [0.717, 1.165) is 67.1 Å². The normalized spacial score (nSPS) is 24.3. The number of amides is 7. The van der Waals surface area contributed by atoms with E-state index < -0.39 is 108 Å². The van der Waals surface area contributed by atoms with Crippen LogP contribution in [0.5, 0.6) is 0 Å². The van der Waals surface area contributed by atoms with Crippen LogP contribution in [0.2, 0.25) is 0 Å². The van der Waals surface area contributed by atoms with Gasteiger partial charge in [0, 0.05) is 57.0 Å². The number of carbonyl (C=O) groups is 7. The number of hydrogen-bond acceptors (Lipinski definition) is 15. The van der Waals surface area contributed by atoms with Crippen LogP contribution in [-0.4, -0.2) is 151 Å². The number of aliphatic hydroxyl groups is 2. The van der Waals surface area contributed by atoms with Gasteiger partial charge in [0.15, 0.2) is 0 Å². The Balaban J connectivity index is 1.40. The summed E-state index contributed by atoms with van der Waals surface area (Å²) in [5.41, 5.74) is 16.4. The molecule has 4 aromatic rings. The molecule has 23 heteroatoms. The van der Waals surface area contributed by atoms with E-state index >= 15 is 4.79 Å². The maximum Gasteiger partial charge on any atom is 0.244 e. The third-order valence-electron chi connectivity index (χ3n) is 14.0. The smallest absolute Gasteiger partial charge is 0.244 e. The highest BCUT2D eigenvalue weighted by Gasteiger charge is 2.36. The van der Waals surface area contributed by atoms with Crippen LogP contribution < -0.4 is 48.7 Å². The molecule has 1 aromatic heterocycles. The van der Waals surface area contributed by atoms with Crippen LogP contribution in [0.15, 0.2) is 85.1 Å². The van der Waals surface area contributed by atoms with Crippen LogP contribution in [0.1, 0.15) is 75.6 Å². The Labute approximate surface area is 479 Å². The molecule has 0 aliphatic carbocycles. The van der Waals surface area contributed by atoms with E-state index in [2.05, 4.69) is 49.1 Å². The fraction of sp³-hybridized carbons (Fsp3) is 0.518. The molecule has 2 saturated heterocycles. The highest BCUT2D eigenvalue weighted by molar-refractivity contribution is 8.76. The van der Waals surface area contributed by atoms with Gasteiger partial charge in [-0.3, -0.25) is 33.6 Å². The molecular formula is C56H78N10O9S4. The summed E-state index contributed by atoms with van der Waals surface area (Å²) in [6.45, 7) is 6.75. The molecule has 19 nitrogen and oxygen atoms in total. The van der Waals surface area contributed by atoms with Gasteiger partial charge in [0.05, 0.1) is 24.8 Å². The number of aromatic nitrogens is 1. The molecule has 0 saturated carbocycles. The number of hydrogen-bond donors (Lipinski definition) is 12. The summed E-state index contributed by atoms with van der Waals surface area (Å²) >= 11 is 3.89. The van der Waals surface area contributed by atoms with Gasteiger partial charge < -0.3 is 63.9 Å². The van der Waals surface area contributed by atoms with Crippen molar-refractivity contribution in [2.75, 3.05) is 29.7 Å². The molecule has 6 rings (SSSR count). The highest BCUT2D eigenvalue weighted by atomic mass is 33.1. The first-order valence-electron chi connectivity index (χ1n) is 27.0. The number of fused-ring (bicyclic) bond motifs is 1. The second-order valence-corrected chi connectivity index (χ2v) is 26.1. The van der Waals surface area contributed by atoms with Crippen molar-refractivity contribution >= 4 is 97.4 Å². The van der Waals surface area contributed by atoms with Gasteiger partial charge in [0.2, 0.25) is 41.4 Å². The number of nitrogens with one attached hydrogen (secondary N) is 8. The first kappa shape index (κ1) is 62.9. The predicted octanol–water partition coefficient (Wildman–Crippen LogP) is 2.60. The second-order valence-electron chi connectivity index (χ2n) is 20.5. The molecule has 11 atom stereocenters. The number of nitrogens with two attached hydrogens (primary N) is 2. The molecule has 2 aliphatic rings. The van der Waals surface area contributed by atoms with Gasteiger partial charge in [-0.05, 0) is 86.2 Å². The lowest BCUT2D eigenvalue weighted by atomic mass is 9.98. The van der Waals surface area contributed by atoms with Crippen molar-refractivity contribution in [2.24, 2.45) is 17.4 Å². The Morgan fingerprint density at radius 2 is 1.39 bits per heavy atom. The summed E-state index contributed by atoms with van der Waals surface area (Å²) in [7, 11) is 2.20. The molecule has 0 bridgehead atoms. The zero-order chi connectivity index (χ0) is 57.0. The van der Waals surface area contributed by atoms with E-state index in [1.165, 1.54) is 6.92 Å². The number of unbranched alkanes of at least 4 members (excludes halogenated alkanes) is 1. The van der Waals surface area contributed by atoms with Crippen LogP contribution in [-0.2, 0) is 59.2 Å². The maximum absolute atomic E-state index is 15.2. The lowest BCUT2D eigenvalue weighted by molar-refractivity contribution is -0.136. The van der Waals surface area contributed by atoms with E-state index in [-0.39, 0.29) is 37.2 Å². The number of aromatic amines is 1. The van der Waals surface area contributed by atoms with Crippen LogP contribution in [0.3, 0.4) is 0 Å². The molecule has 430 valence electrons. The second kappa shape index (κ2) is 31.7. The Kier molecular flexibility index (Phi) is 25.2. The molecular weight excluding hydrogens is 1080 g/mol. The number of aryl methyl sites for hydroxylation is 1. The predicted molar refractivity (Wildman–Crippen MR) is 317 cm³/mol. The van der Waals surface area contributed by atoms with Crippen molar-refractivity contribution in [3.8, 4) is 0 Å². The third-order valence-corrected chi connectivity index (χ3v) is 19.6. The molecule has 7 amide bonds. The molecule has 2 fully saturated rings. The minimum atomic E-state index is -1.32. The number of thioether (sulfide) groups is 2. The van der Waals surface area contributed by atoms with Crippen LogP contribution >= 0.6 is 45.1 Å². The van der Waals surface area contributed by atoms with E-state index in [0.29, 0.717) is 35.4 Å². The Hall–Kier alpha value is -5.27. The topological polar surface area (TPSA) is 312 Å². The number of benzene rings is 3. The third kappa shape index (κ3) is 19.2. The molecule has 0 radical (unpaired) electrons. The molecule has 14 N–H and O–H groups in total. The van der Waals surface area contributed by atoms with Gasteiger partial charge >= 0.3 is 0 Å². The van der Waals surface area contributed by atoms with Gasteiger partial charge in [-0.2, -0.15) is 0 Å². The van der Waals surface area contributed by atoms with E-state index in [1.807, 2.05) is 102 Å². The number of aliphatic hydroxyl groups excluding tert-OH is 2. The molecule has 2 aliphatic heterocycles. The lowest BCUT2D eigenvalue weighted by Crippen LogP contribution is -2.61. The van der Waals surface area contributed by atoms with Crippen molar-refractivity contribution in [2.45, 2.75) is 144 Å². The summed E-state index contributed by atoms with van der Waals surface area (Å²) in [5.74, 6) is -5.72. The maximum atomic E-state index is 15.2. The molecule has 3 heterocycles. The van der Waals surface area contributed by atoms with Gasteiger partial charge in [0.25, 0.3) is 0 Å². The fourth-order valence-electron chi connectivity index (χ4n) is 9.26. The number of para-hydroxylation sites is 1. The summed E-state index contributed by atoms with van der Waals surface area (Å²) in [5, 5.41) is 42.9. The minimum absolute atomic E-state index is 0.00809. The fourth-order valence-corrected chi connectivity index (χ4v) is 14.8. The largest absolute Gasteiger partial charge is 0.394 e. The summed E-state index contributed by atoms with van der Waals surface area (Å²) in [6.07, 6.45) is 3.50. The van der Waals surface area contributed by atoms with Gasteiger partial charge in [-0.1, -0.05) is 115 Å². The molecule has 79 heavy (non-hydrogen) atoms. The van der Waals surface area contributed by atoms with Crippen LogP contribution in [0, 0.1) is 5.92 Å². The van der Waals surface area contributed by atoms with Gasteiger partial charge in [-0.15, -0.1) is 23.5 Å². The van der Waals surface area contributed by atoms with Crippen LogP contribution in [0.25, 0.3) is 10.9 Å². The quantitative estimate of drug-likeness (QED) is 0.0447. The molecule has 3 aromatic carbocycles. The number of H-pyrrole nitrogens is 1. The van der Waals surface area contributed by atoms with Crippen molar-refractivity contribution in [3.63, 3.8) is 0 Å². The molecule has 0 spiro atoms. The van der Waals surface area contributed by atoms with E-state index in [1.54, 1.807) is 20.0 Å². The lowest BCUT2D eigenvalue weighted by Gasteiger charge is -2.29. The standard InChI is InChI=1S/C56H78N10O9S4/c1-32(2)49-56(75)65-47(55(74)63-45(28-67)33(3)68)30-79-78-29-46(64-50(69)40(58)24-35-13-6-5-7-14-35)54(73)61-43(25-37-16-12-15-36(23-37)20-21-48-34(4)76-31-77-48)52(71)62-44(26-38-27-59-41-18-9-8-17-39(38)41)53(72)60-42(51(70)66-49)19-10-11-22-57/h5-9,12-18,23,27,32-34,40,42-49,59,67-68H,10-11,19-22,24-26,28-31,57-58H2,1-4H3,(H,60,72)(H,61,73)(H,62,71)(H,63,74)(H,64,69)(H,65,75)(H,66,70)/t33?,34?,40-,42+,43+,44-,45-,46+,47?,48+,49+/m1/s1. The Morgan fingerprint density at radius 3 is 2.09 bits per heavy atom. The van der Waals surface area contributed by atoms with Gasteiger partial charge in [0.1, 0.15) is 36.3 Å². The van der Waals surface area contributed by atoms with Gasteiger partial charge in [-0.25, -0.2) is 0 Å². The average molecular weight is 1160 g/mol. The number of carbonyl (C=O) groups excluding carboxylic acids is 7. The highest BCUT2D eigenvalue weighted by Crippen LogP contribution is 2.38. The monoisotopic (exact) mass is 1160 g/mol. The SMILES string of the molecule is CC1SCS[C@H]1CCc1cccc(C[C@@H]2NC(=O)[C@@H](NC(=O)[C@H](N)Cc3ccccc3)CSSCC(C(=O)N[C@H](CO)C(C)O)NC(=O)[C@H](C(C)C)NC(=O)[C@H](CCCCN)NC(=O)[C@@H](Cc3c[nH]c4ccccc34)NC2=O)c1. The minimum Gasteiger partial charge on any atom is -0.394 e. The van der Waals surface area contributed by atoms with E-state index in [4.69, 9.17) is 11.5 Å². The van der Waals surface area contributed by atoms with Crippen LogP contribution in [0.4, 0.5) is 0 Å². The van der Waals surface area contributed by atoms with Crippen molar-refractivity contribution in [3.05, 3.63) is 107 Å². The van der Waals surface area contributed by atoms with Crippen molar-refractivity contribution in [1.82, 2.24) is 42.2 Å². The Morgan fingerprint density at radius 1 is 0.734 bits per heavy atom. The van der Waals surface area contributed by atoms with E-state index in [9.17, 15) is 39.0 Å².